The van der Waals surface area contributed by atoms with E-state index < -0.39 is 30.3 Å². The van der Waals surface area contributed by atoms with Crippen LogP contribution in [0.1, 0.15) is 33.8 Å². The summed E-state index contributed by atoms with van der Waals surface area (Å²) in [6.07, 6.45) is -4.95. The van der Waals surface area contributed by atoms with Gasteiger partial charge in [-0.3, -0.25) is 9.69 Å². The number of carbonyl (C=O) groups is 2. The highest BCUT2D eigenvalue weighted by molar-refractivity contribution is 6.00. The van der Waals surface area contributed by atoms with Gasteiger partial charge in [-0.2, -0.15) is 0 Å². The molecule has 2 N–H and O–H groups in total. The second-order valence-corrected chi connectivity index (χ2v) is 8.07. The zero-order valence-electron chi connectivity index (χ0n) is 17.7. The van der Waals surface area contributed by atoms with Crippen LogP contribution in [0.2, 0.25) is 0 Å². The second kappa shape index (κ2) is 7.77. The van der Waals surface area contributed by atoms with E-state index in [0.717, 1.165) is 10.5 Å². The lowest BCUT2D eigenvalue weighted by molar-refractivity contribution is -0.286. The minimum Gasteiger partial charge on any atom is -0.478 e. The maximum Gasteiger partial charge on any atom is 0.586 e. The lowest BCUT2D eigenvalue weighted by Gasteiger charge is -2.21. The number of carbonyl (C=O) groups excluding carboxylic acids is 1. The quantitative estimate of drug-likeness (QED) is 0.597. The van der Waals surface area contributed by atoms with E-state index >= 15 is 0 Å². The van der Waals surface area contributed by atoms with Gasteiger partial charge in [0.1, 0.15) is 12.0 Å². The molecule has 1 saturated heterocycles. The van der Waals surface area contributed by atoms with Crippen molar-refractivity contribution in [2.24, 2.45) is 0 Å². The number of ether oxygens (including phenoxy) is 2. The van der Waals surface area contributed by atoms with Gasteiger partial charge in [0.15, 0.2) is 11.5 Å². The van der Waals surface area contributed by atoms with Gasteiger partial charge in [0.2, 0.25) is 5.91 Å². The number of benzene rings is 2. The molecular weight excluding hydrogens is 450 g/mol. The van der Waals surface area contributed by atoms with Gasteiger partial charge in [-0.15, -0.1) is 8.78 Å². The van der Waals surface area contributed by atoms with Crippen molar-refractivity contribution in [3.63, 3.8) is 0 Å². The van der Waals surface area contributed by atoms with Crippen LogP contribution >= 0.6 is 0 Å². The third kappa shape index (κ3) is 3.71. The molecule has 2 aromatic carbocycles. The van der Waals surface area contributed by atoms with Gasteiger partial charge in [0.05, 0.1) is 17.2 Å². The van der Waals surface area contributed by atoms with E-state index in [9.17, 15) is 28.6 Å². The molecule has 34 heavy (non-hydrogen) atoms. The van der Waals surface area contributed by atoms with Crippen molar-refractivity contribution >= 4 is 17.7 Å². The van der Waals surface area contributed by atoms with Crippen LogP contribution in [0.15, 0.2) is 54.6 Å². The summed E-state index contributed by atoms with van der Waals surface area (Å²) in [7, 11) is 0. The molecule has 0 radical (unpaired) electrons. The van der Waals surface area contributed by atoms with Gasteiger partial charge in [-0.1, -0.05) is 24.3 Å². The lowest BCUT2D eigenvalue weighted by atomic mass is 9.97. The van der Waals surface area contributed by atoms with Gasteiger partial charge in [-0.25, -0.2) is 9.78 Å². The van der Waals surface area contributed by atoms with Gasteiger partial charge in [-0.05, 0) is 48.4 Å². The zero-order valence-corrected chi connectivity index (χ0v) is 17.7. The first kappa shape index (κ1) is 21.8. The van der Waals surface area contributed by atoms with Crippen molar-refractivity contribution < 1.29 is 38.1 Å². The number of rotatable bonds is 4. The third-order valence-corrected chi connectivity index (χ3v) is 5.82. The summed E-state index contributed by atoms with van der Waals surface area (Å²) < 4.78 is 35.6. The number of aryl methyl sites for hydroxylation is 1. The maximum atomic E-state index is 13.3. The van der Waals surface area contributed by atoms with Crippen LogP contribution in [0.3, 0.4) is 0 Å². The molecule has 0 aliphatic carbocycles. The zero-order chi connectivity index (χ0) is 24.2. The Kier molecular flexibility index (Phi) is 4.98. The number of aliphatic hydroxyl groups is 1. The Morgan fingerprint density at radius 2 is 1.88 bits per heavy atom. The number of anilines is 1. The Labute approximate surface area is 192 Å². The Hall–Kier alpha value is -4.05. The van der Waals surface area contributed by atoms with E-state index in [4.69, 9.17) is 0 Å². The number of amides is 1. The number of fused-ring (bicyclic) bond motifs is 1. The standard InChI is InChI=1S/C24H18F2N2O6/c1-12-5-8-19(27-21(12)14-3-2-4-15(9-14)23(31)32)28-20(29)11-16(22(28)30)13-6-7-17-18(10-13)34-24(25,26)33-17/h2-10,16,20,29H,11H2,1H3,(H,31,32). The molecule has 3 aromatic rings. The Bertz CT molecular complexity index is 1330. The summed E-state index contributed by atoms with van der Waals surface area (Å²) >= 11 is 0. The number of carboxylic acid groups (broad SMARTS) is 1. The molecule has 0 spiro atoms. The van der Waals surface area contributed by atoms with E-state index in [0.29, 0.717) is 16.8 Å². The molecule has 1 aromatic heterocycles. The first-order valence-electron chi connectivity index (χ1n) is 10.4. The molecule has 1 amide bonds. The smallest absolute Gasteiger partial charge is 0.478 e. The number of hydrogen-bond donors (Lipinski definition) is 2. The fourth-order valence-electron chi connectivity index (χ4n) is 4.20. The van der Waals surface area contributed by atoms with Gasteiger partial charge in [0, 0.05) is 12.0 Å². The van der Waals surface area contributed by atoms with Crippen LogP contribution in [0.25, 0.3) is 11.3 Å². The molecule has 1 fully saturated rings. The van der Waals surface area contributed by atoms with Crippen LogP contribution in [-0.4, -0.2) is 39.6 Å². The van der Waals surface area contributed by atoms with Gasteiger partial charge >= 0.3 is 12.3 Å². The van der Waals surface area contributed by atoms with Crippen molar-refractivity contribution in [2.75, 3.05) is 4.90 Å². The fraction of sp³-hybridized carbons (Fsp3) is 0.208. The molecule has 174 valence electrons. The minimum absolute atomic E-state index is 0.0221. The minimum atomic E-state index is -3.77. The number of pyridine rings is 1. The summed E-state index contributed by atoms with van der Waals surface area (Å²) in [5, 5.41) is 20.0. The van der Waals surface area contributed by atoms with E-state index in [-0.39, 0.29) is 29.3 Å². The predicted molar refractivity (Wildman–Crippen MR) is 115 cm³/mol. The number of aliphatic hydroxyl groups excluding tert-OH is 1. The summed E-state index contributed by atoms with van der Waals surface area (Å²) in [6.45, 7) is 1.80. The van der Waals surface area contributed by atoms with Crippen molar-refractivity contribution in [1.29, 1.82) is 0 Å². The maximum absolute atomic E-state index is 13.3. The van der Waals surface area contributed by atoms with Crippen LogP contribution < -0.4 is 14.4 Å². The predicted octanol–water partition coefficient (Wildman–Crippen LogP) is 3.92. The Morgan fingerprint density at radius 1 is 1.12 bits per heavy atom. The van der Waals surface area contributed by atoms with Crippen molar-refractivity contribution in [3.05, 3.63) is 71.3 Å². The molecule has 2 aliphatic heterocycles. The van der Waals surface area contributed by atoms with Crippen LogP contribution in [0.5, 0.6) is 11.5 Å². The summed E-state index contributed by atoms with van der Waals surface area (Å²) in [6, 6.07) is 13.6. The summed E-state index contributed by atoms with van der Waals surface area (Å²) in [5.74, 6) is -2.47. The summed E-state index contributed by atoms with van der Waals surface area (Å²) in [4.78, 5) is 30.3. The molecule has 0 saturated carbocycles. The number of nitrogens with zero attached hydrogens (tertiary/aromatic N) is 2. The molecule has 2 unspecified atom stereocenters. The van der Waals surface area contributed by atoms with E-state index in [1.807, 2.05) is 0 Å². The molecule has 8 nitrogen and oxygen atoms in total. The van der Waals surface area contributed by atoms with Gasteiger partial charge in [0.25, 0.3) is 0 Å². The van der Waals surface area contributed by atoms with Crippen LogP contribution in [-0.2, 0) is 4.79 Å². The fourth-order valence-corrected chi connectivity index (χ4v) is 4.20. The Morgan fingerprint density at radius 3 is 2.65 bits per heavy atom. The molecule has 2 atom stereocenters. The highest BCUT2D eigenvalue weighted by atomic mass is 19.3. The average molecular weight is 468 g/mol. The van der Waals surface area contributed by atoms with Crippen molar-refractivity contribution in [3.8, 4) is 22.8 Å². The highest BCUT2D eigenvalue weighted by Gasteiger charge is 2.45. The van der Waals surface area contributed by atoms with Crippen LogP contribution in [0, 0.1) is 6.92 Å². The number of aromatic carboxylic acids is 1. The normalized spacial score (nSPS) is 20.6. The van der Waals surface area contributed by atoms with E-state index in [2.05, 4.69) is 14.5 Å². The molecule has 3 heterocycles. The SMILES string of the molecule is Cc1ccc(N2C(=O)C(c3ccc4c(c3)OC(F)(F)O4)CC2O)nc1-c1cccc(C(=O)O)c1. The number of halogens is 2. The first-order chi connectivity index (χ1) is 16.1. The molecule has 0 bridgehead atoms. The molecular formula is C24H18F2N2O6. The molecule has 10 heteroatoms. The third-order valence-electron chi connectivity index (χ3n) is 5.82. The lowest BCUT2D eigenvalue weighted by Crippen LogP contribution is -2.34. The monoisotopic (exact) mass is 468 g/mol. The van der Waals surface area contributed by atoms with E-state index in [1.165, 1.54) is 30.3 Å². The van der Waals surface area contributed by atoms with Crippen molar-refractivity contribution in [1.82, 2.24) is 4.98 Å². The summed E-state index contributed by atoms with van der Waals surface area (Å²) in [5.41, 5.74) is 2.26. The largest absolute Gasteiger partial charge is 0.586 e. The van der Waals surface area contributed by atoms with E-state index in [1.54, 1.807) is 31.2 Å². The topological polar surface area (TPSA) is 109 Å². The number of carboxylic acids is 1. The van der Waals surface area contributed by atoms with Gasteiger partial charge < -0.3 is 19.7 Å². The van der Waals surface area contributed by atoms with Crippen molar-refractivity contribution in [2.45, 2.75) is 31.8 Å². The molecule has 5 rings (SSSR count). The first-order valence-corrected chi connectivity index (χ1v) is 10.4. The Balaban J connectivity index is 1.47. The highest BCUT2D eigenvalue weighted by Crippen LogP contribution is 2.44. The van der Waals surface area contributed by atoms with Crippen LogP contribution in [0.4, 0.5) is 14.6 Å². The number of alkyl halides is 2. The second-order valence-electron chi connectivity index (χ2n) is 8.07. The number of hydrogen-bond acceptors (Lipinski definition) is 6. The number of aromatic nitrogens is 1. The molecule has 2 aliphatic rings. The average Bonchev–Trinajstić information content (AvgIpc) is 3.27.